The largest absolute Gasteiger partial charge is 0.396 e. The van der Waals surface area contributed by atoms with E-state index >= 15 is 0 Å². The Bertz CT molecular complexity index is 146. The molecule has 0 amide bonds. The van der Waals surface area contributed by atoms with Gasteiger partial charge in [0.25, 0.3) is 0 Å². The zero-order valence-corrected chi connectivity index (χ0v) is 6.87. The second-order valence-corrected chi connectivity index (χ2v) is 3.80. The van der Waals surface area contributed by atoms with E-state index in [4.69, 9.17) is 5.11 Å². The summed E-state index contributed by atoms with van der Waals surface area (Å²) in [7, 11) is 0. The van der Waals surface area contributed by atoms with E-state index in [1.807, 2.05) is 0 Å². The lowest BCUT2D eigenvalue weighted by Gasteiger charge is -1.99. The van der Waals surface area contributed by atoms with E-state index < -0.39 is 0 Å². The van der Waals surface area contributed by atoms with Crippen LogP contribution >= 0.6 is 0 Å². The fourth-order valence-corrected chi connectivity index (χ4v) is 2.46. The molecule has 0 saturated heterocycles. The third kappa shape index (κ3) is 1.34. The maximum absolute atomic E-state index is 9.00. The molecule has 11 heavy (non-hydrogen) atoms. The number of allylic oxidation sites excluding steroid dienone is 2. The maximum atomic E-state index is 9.00. The van der Waals surface area contributed by atoms with Crippen LogP contribution in [0.4, 0.5) is 0 Å². The molecule has 0 radical (unpaired) electrons. The number of aliphatic hydroxyl groups is 1. The van der Waals surface area contributed by atoms with Gasteiger partial charge < -0.3 is 5.11 Å². The first-order chi connectivity index (χ1) is 5.43. The van der Waals surface area contributed by atoms with Crippen molar-refractivity contribution in [2.75, 3.05) is 6.61 Å². The average Bonchev–Trinajstić information content (AvgIpc) is 2.60. The van der Waals surface area contributed by atoms with Crippen molar-refractivity contribution < 1.29 is 5.11 Å². The minimum Gasteiger partial charge on any atom is -0.396 e. The molecule has 0 spiro atoms. The maximum Gasteiger partial charge on any atom is 0.0464 e. The van der Waals surface area contributed by atoms with Crippen molar-refractivity contribution in [2.24, 2.45) is 17.8 Å². The van der Waals surface area contributed by atoms with Crippen LogP contribution in [0.2, 0.25) is 0 Å². The first-order valence-corrected chi connectivity index (χ1v) is 4.69. The number of rotatable bonds is 1. The summed E-state index contributed by atoms with van der Waals surface area (Å²) in [5.74, 6) is 2.39. The van der Waals surface area contributed by atoms with Crippen LogP contribution in [-0.4, -0.2) is 11.7 Å². The summed E-state index contributed by atoms with van der Waals surface area (Å²) in [4.78, 5) is 0. The van der Waals surface area contributed by atoms with E-state index in [9.17, 15) is 0 Å². The van der Waals surface area contributed by atoms with Gasteiger partial charge in [0.1, 0.15) is 0 Å². The molecule has 0 aromatic rings. The standard InChI is InChI=1S/C10H16O/c11-7-10-8-5-3-1-2-4-6-9(8)10/h1-2,8-11H,3-7H2/t8-,9?,10?/m0/s1. The molecule has 0 aromatic carbocycles. The Morgan fingerprint density at radius 1 is 1.09 bits per heavy atom. The van der Waals surface area contributed by atoms with Gasteiger partial charge in [0, 0.05) is 6.61 Å². The van der Waals surface area contributed by atoms with Crippen molar-refractivity contribution in [3.63, 3.8) is 0 Å². The van der Waals surface area contributed by atoms with Crippen LogP contribution in [0, 0.1) is 17.8 Å². The lowest BCUT2D eigenvalue weighted by atomic mass is 10.1. The zero-order valence-electron chi connectivity index (χ0n) is 6.87. The summed E-state index contributed by atoms with van der Waals surface area (Å²) in [6.45, 7) is 0.426. The molecule has 62 valence electrons. The van der Waals surface area contributed by atoms with Crippen LogP contribution in [0.15, 0.2) is 12.2 Å². The molecule has 2 unspecified atom stereocenters. The molecule has 2 rings (SSSR count). The van der Waals surface area contributed by atoms with Gasteiger partial charge in [-0.05, 0) is 43.4 Å². The minimum absolute atomic E-state index is 0.426. The Morgan fingerprint density at radius 3 is 2.09 bits per heavy atom. The Morgan fingerprint density at radius 2 is 1.64 bits per heavy atom. The van der Waals surface area contributed by atoms with E-state index in [0.29, 0.717) is 12.5 Å². The van der Waals surface area contributed by atoms with Gasteiger partial charge in [-0.3, -0.25) is 0 Å². The van der Waals surface area contributed by atoms with Crippen molar-refractivity contribution in [2.45, 2.75) is 25.7 Å². The number of fused-ring (bicyclic) bond motifs is 1. The summed E-state index contributed by atoms with van der Waals surface area (Å²) < 4.78 is 0. The second kappa shape index (κ2) is 2.98. The van der Waals surface area contributed by atoms with Gasteiger partial charge in [-0.25, -0.2) is 0 Å². The molecule has 2 aliphatic rings. The molecule has 0 bridgehead atoms. The fraction of sp³-hybridized carbons (Fsp3) is 0.800. The van der Waals surface area contributed by atoms with E-state index in [1.54, 1.807) is 0 Å². The topological polar surface area (TPSA) is 20.2 Å². The van der Waals surface area contributed by atoms with Gasteiger partial charge in [-0.15, -0.1) is 0 Å². The third-order valence-corrected chi connectivity index (χ3v) is 3.22. The second-order valence-electron chi connectivity index (χ2n) is 3.80. The molecule has 0 aromatic heterocycles. The molecule has 1 N–H and O–H groups in total. The first-order valence-electron chi connectivity index (χ1n) is 4.69. The van der Waals surface area contributed by atoms with Crippen molar-refractivity contribution in [3.8, 4) is 0 Å². The third-order valence-electron chi connectivity index (χ3n) is 3.22. The molecule has 0 heterocycles. The SMILES string of the molecule is OCC1C2CCC=CCC[C@H]12. The number of aliphatic hydroxyl groups excluding tert-OH is 1. The normalized spacial score (nSPS) is 42.5. The van der Waals surface area contributed by atoms with Crippen LogP contribution in [0.5, 0.6) is 0 Å². The average molecular weight is 152 g/mol. The Kier molecular flexibility index (Phi) is 1.99. The highest BCUT2D eigenvalue weighted by atomic mass is 16.3. The number of hydrogen-bond acceptors (Lipinski definition) is 1. The fourth-order valence-electron chi connectivity index (χ4n) is 2.46. The highest BCUT2D eigenvalue weighted by molar-refractivity contribution is 5.00. The van der Waals surface area contributed by atoms with Gasteiger partial charge in [0.05, 0.1) is 0 Å². The lowest BCUT2D eigenvalue weighted by Crippen LogP contribution is -1.88. The van der Waals surface area contributed by atoms with Crippen LogP contribution in [0.25, 0.3) is 0 Å². The van der Waals surface area contributed by atoms with Crippen molar-refractivity contribution >= 4 is 0 Å². The van der Waals surface area contributed by atoms with Gasteiger partial charge in [-0.1, -0.05) is 12.2 Å². The monoisotopic (exact) mass is 152 g/mol. The van der Waals surface area contributed by atoms with Crippen LogP contribution < -0.4 is 0 Å². The van der Waals surface area contributed by atoms with Crippen LogP contribution in [-0.2, 0) is 0 Å². The van der Waals surface area contributed by atoms with Gasteiger partial charge >= 0.3 is 0 Å². The van der Waals surface area contributed by atoms with Gasteiger partial charge in [0.2, 0.25) is 0 Å². The zero-order chi connectivity index (χ0) is 7.68. The molecule has 1 saturated carbocycles. The highest BCUT2D eigenvalue weighted by Gasteiger charge is 2.47. The number of hydrogen-bond donors (Lipinski definition) is 1. The highest BCUT2D eigenvalue weighted by Crippen LogP contribution is 2.52. The lowest BCUT2D eigenvalue weighted by molar-refractivity contribution is 0.262. The van der Waals surface area contributed by atoms with Crippen LogP contribution in [0.1, 0.15) is 25.7 Å². The van der Waals surface area contributed by atoms with Gasteiger partial charge in [0.15, 0.2) is 0 Å². The Labute approximate surface area is 68.1 Å². The van der Waals surface area contributed by atoms with Crippen LogP contribution in [0.3, 0.4) is 0 Å². The molecule has 1 fully saturated rings. The molecule has 0 aliphatic heterocycles. The Balaban J connectivity index is 1.91. The molecule has 3 atom stereocenters. The van der Waals surface area contributed by atoms with Gasteiger partial charge in [-0.2, -0.15) is 0 Å². The van der Waals surface area contributed by atoms with E-state index in [0.717, 1.165) is 11.8 Å². The summed E-state index contributed by atoms with van der Waals surface area (Å²) in [5.41, 5.74) is 0. The molecule has 2 aliphatic carbocycles. The molecule has 1 nitrogen and oxygen atoms in total. The van der Waals surface area contributed by atoms with E-state index in [2.05, 4.69) is 12.2 Å². The smallest absolute Gasteiger partial charge is 0.0464 e. The van der Waals surface area contributed by atoms with E-state index in [1.165, 1.54) is 25.7 Å². The van der Waals surface area contributed by atoms with Crippen molar-refractivity contribution in [1.82, 2.24) is 0 Å². The Hall–Kier alpha value is -0.300. The summed E-state index contributed by atoms with van der Waals surface area (Å²) in [6.07, 6.45) is 9.68. The molecular weight excluding hydrogens is 136 g/mol. The van der Waals surface area contributed by atoms with E-state index in [-0.39, 0.29) is 0 Å². The quantitative estimate of drug-likeness (QED) is 0.569. The predicted octanol–water partition coefficient (Wildman–Crippen LogP) is 1.97. The molecular formula is C10H16O. The van der Waals surface area contributed by atoms with Crippen molar-refractivity contribution in [1.29, 1.82) is 0 Å². The predicted molar refractivity (Wildman–Crippen MR) is 45.2 cm³/mol. The summed E-state index contributed by atoms with van der Waals surface area (Å²) >= 11 is 0. The molecule has 1 heteroatoms. The van der Waals surface area contributed by atoms with Crippen molar-refractivity contribution in [3.05, 3.63) is 12.2 Å². The minimum atomic E-state index is 0.426. The summed E-state index contributed by atoms with van der Waals surface area (Å²) in [5, 5.41) is 9.00. The summed E-state index contributed by atoms with van der Waals surface area (Å²) in [6, 6.07) is 0. The first kappa shape index (κ1) is 7.35.